The maximum Gasteiger partial charge on any atom is 0.331 e. The number of rotatable bonds is 8. The van der Waals surface area contributed by atoms with Crippen molar-refractivity contribution in [3.05, 3.63) is 0 Å². The van der Waals surface area contributed by atoms with Crippen LogP contribution in [-0.4, -0.2) is 41.0 Å². The lowest BCUT2D eigenvalue weighted by atomic mass is 9.90. The fourth-order valence-electron chi connectivity index (χ4n) is 3.74. The first-order valence-corrected chi connectivity index (χ1v) is 9.81. The van der Waals surface area contributed by atoms with Gasteiger partial charge in [-0.1, -0.05) is 52.4 Å². The van der Waals surface area contributed by atoms with Crippen LogP contribution in [0.2, 0.25) is 0 Å². The molecule has 1 atom stereocenters. The summed E-state index contributed by atoms with van der Waals surface area (Å²) in [5.74, 6) is -1.83. The summed E-state index contributed by atoms with van der Waals surface area (Å²) in [5.41, 5.74) is 0.604. The zero-order valence-electron chi connectivity index (χ0n) is 15.6. The molecule has 0 aromatic rings. The number of barbiturate groups is 1. The lowest BCUT2D eigenvalue weighted by molar-refractivity contribution is -0.141. The lowest BCUT2D eigenvalue weighted by Crippen LogP contribution is -2.62. The Bertz CT molecular complexity index is 524. The summed E-state index contributed by atoms with van der Waals surface area (Å²) in [5, 5.41) is 2.38. The van der Waals surface area contributed by atoms with E-state index in [1.165, 1.54) is 11.3 Å². The summed E-state index contributed by atoms with van der Waals surface area (Å²) in [4.78, 5) is 43.3. The standard InChI is InChI=1S/C19H31N3O3/c1-3-5-6-10-13-20-15(4-2)16-17(23)21-19(25)22(18(16)24)14-11-8-7-9-12-14/h14,16H,3-13H2,1-2H3,(H,21,23,25). The Hall–Kier alpha value is -1.72. The van der Waals surface area contributed by atoms with Gasteiger partial charge in [-0.25, -0.2) is 4.79 Å². The van der Waals surface area contributed by atoms with Crippen molar-refractivity contribution >= 4 is 23.6 Å². The normalized spacial score (nSPS) is 23.1. The average Bonchev–Trinajstić information content (AvgIpc) is 2.60. The summed E-state index contributed by atoms with van der Waals surface area (Å²) in [6.07, 6.45) is 9.78. The molecular formula is C19H31N3O3. The first-order chi connectivity index (χ1) is 12.1. The molecule has 0 bridgehead atoms. The highest BCUT2D eigenvalue weighted by Crippen LogP contribution is 2.26. The number of carbonyl (C=O) groups is 3. The van der Waals surface area contributed by atoms with Crippen molar-refractivity contribution < 1.29 is 14.4 Å². The fourth-order valence-corrected chi connectivity index (χ4v) is 3.74. The molecule has 0 radical (unpaired) electrons. The van der Waals surface area contributed by atoms with Crippen molar-refractivity contribution in [2.45, 2.75) is 84.1 Å². The van der Waals surface area contributed by atoms with Crippen molar-refractivity contribution in [3.63, 3.8) is 0 Å². The van der Waals surface area contributed by atoms with Gasteiger partial charge in [-0.05, 0) is 25.7 Å². The molecule has 0 spiro atoms. The van der Waals surface area contributed by atoms with Gasteiger partial charge >= 0.3 is 6.03 Å². The molecule has 6 nitrogen and oxygen atoms in total. The van der Waals surface area contributed by atoms with Crippen LogP contribution in [0.1, 0.15) is 78.1 Å². The molecule has 1 aliphatic heterocycles. The van der Waals surface area contributed by atoms with Crippen LogP contribution in [0.5, 0.6) is 0 Å². The SMILES string of the molecule is CCCCCCN=C(CC)C1C(=O)NC(=O)N(C2CCCCC2)C1=O. The smallest absolute Gasteiger partial charge is 0.293 e. The van der Waals surface area contributed by atoms with Gasteiger partial charge in [-0.3, -0.25) is 24.8 Å². The van der Waals surface area contributed by atoms with Crippen LogP contribution in [0.3, 0.4) is 0 Å². The van der Waals surface area contributed by atoms with Gasteiger partial charge in [0.25, 0.3) is 0 Å². The van der Waals surface area contributed by atoms with E-state index in [-0.39, 0.29) is 11.9 Å². The van der Waals surface area contributed by atoms with Crippen LogP contribution in [0, 0.1) is 5.92 Å². The van der Waals surface area contributed by atoms with Gasteiger partial charge in [0.15, 0.2) is 5.92 Å². The molecule has 1 unspecified atom stereocenters. The first kappa shape index (κ1) is 19.6. The third kappa shape index (κ3) is 4.89. The first-order valence-electron chi connectivity index (χ1n) is 9.81. The van der Waals surface area contributed by atoms with Gasteiger partial charge in [0, 0.05) is 18.3 Å². The quantitative estimate of drug-likeness (QED) is 0.414. The maximum atomic E-state index is 12.9. The highest BCUT2D eigenvalue weighted by Gasteiger charge is 2.45. The third-order valence-corrected chi connectivity index (χ3v) is 5.16. The molecule has 140 valence electrons. The zero-order valence-corrected chi connectivity index (χ0v) is 15.6. The van der Waals surface area contributed by atoms with Gasteiger partial charge in [0.1, 0.15) is 0 Å². The number of urea groups is 1. The number of nitrogens with zero attached hydrogens (tertiary/aromatic N) is 2. The van der Waals surface area contributed by atoms with Crippen LogP contribution in [-0.2, 0) is 9.59 Å². The van der Waals surface area contributed by atoms with Gasteiger partial charge in [-0.2, -0.15) is 0 Å². The van der Waals surface area contributed by atoms with Crippen molar-refractivity contribution in [2.75, 3.05) is 6.54 Å². The molecule has 1 aliphatic carbocycles. The van der Waals surface area contributed by atoms with E-state index in [0.29, 0.717) is 18.7 Å². The second kappa shape index (κ2) is 9.68. The number of nitrogens with one attached hydrogen (secondary N) is 1. The minimum absolute atomic E-state index is 0.0838. The van der Waals surface area contributed by atoms with Crippen molar-refractivity contribution in [2.24, 2.45) is 10.9 Å². The lowest BCUT2D eigenvalue weighted by Gasteiger charge is -2.37. The van der Waals surface area contributed by atoms with Gasteiger partial charge in [0.2, 0.25) is 11.8 Å². The molecule has 4 amide bonds. The molecule has 1 saturated heterocycles. The predicted molar refractivity (Wildman–Crippen MR) is 97.5 cm³/mol. The summed E-state index contributed by atoms with van der Waals surface area (Å²) >= 11 is 0. The molecule has 2 aliphatic rings. The Morgan fingerprint density at radius 3 is 2.44 bits per heavy atom. The third-order valence-electron chi connectivity index (χ3n) is 5.16. The molecule has 6 heteroatoms. The summed E-state index contributed by atoms with van der Waals surface area (Å²) in [7, 11) is 0. The van der Waals surface area contributed by atoms with E-state index in [0.717, 1.165) is 51.4 Å². The second-order valence-corrected chi connectivity index (χ2v) is 7.01. The number of imide groups is 2. The number of hydrogen-bond acceptors (Lipinski definition) is 4. The molecule has 1 saturated carbocycles. The van der Waals surface area contributed by atoms with E-state index < -0.39 is 17.9 Å². The molecule has 25 heavy (non-hydrogen) atoms. The number of unbranched alkanes of at least 4 members (excludes halogenated alkanes) is 3. The summed E-state index contributed by atoms with van der Waals surface area (Å²) < 4.78 is 0. The number of hydrogen-bond donors (Lipinski definition) is 1. The van der Waals surface area contributed by atoms with E-state index in [1.807, 2.05) is 6.92 Å². The van der Waals surface area contributed by atoms with Crippen LogP contribution >= 0.6 is 0 Å². The maximum absolute atomic E-state index is 12.9. The van der Waals surface area contributed by atoms with Crippen molar-refractivity contribution in [3.8, 4) is 0 Å². The van der Waals surface area contributed by atoms with Crippen molar-refractivity contribution in [1.29, 1.82) is 0 Å². The Kier molecular flexibility index (Phi) is 7.59. The van der Waals surface area contributed by atoms with E-state index in [1.54, 1.807) is 0 Å². The van der Waals surface area contributed by atoms with E-state index in [2.05, 4.69) is 17.2 Å². The largest absolute Gasteiger partial charge is 0.331 e. The van der Waals surface area contributed by atoms with Crippen LogP contribution in [0.15, 0.2) is 4.99 Å². The molecule has 1 heterocycles. The minimum Gasteiger partial charge on any atom is -0.293 e. The van der Waals surface area contributed by atoms with Gasteiger partial charge < -0.3 is 0 Å². The molecule has 1 N–H and O–H groups in total. The monoisotopic (exact) mass is 349 g/mol. The van der Waals surface area contributed by atoms with Gasteiger partial charge in [-0.15, -0.1) is 0 Å². The molecule has 2 rings (SSSR count). The summed E-state index contributed by atoms with van der Waals surface area (Å²) in [6, 6.07) is -0.643. The Balaban J connectivity index is 2.10. The Morgan fingerprint density at radius 2 is 1.80 bits per heavy atom. The van der Waals surface area contributed by atoms with E-state index >= 15 is 0 Å². The Labute approximate surface area is 150 Å². The Morgan fingerprint density at radius 1 is 1.08 bits per heavy atom. The fraction of sp³-hybridized carbons (Fsp3) is 0.789. The zero-order chi connectivity index (χ0) is 18.2. The van der Waals surface area contributed by atoms with Crippen LogP contribution in [0.4, 0.5) is 4.79 Å². The average molecular weight is 349 g/mol. The molecule has 2 fully saturated rings. The highest BCUT2D eigenvalue weighted by molar-refractivity contribution is 6.27. The predicted octanol–water partition coefficient (Wildman–Crippen LogP) is 3.45. The van der Waals surface area contributed by atoms with Gasteiger partial charge in [0.05, 0.1) is 0 Å². The summed E-state index contributed by atoms with van der Waals surface area (Å²) in [6.45, 7) is 4.70. The van der Waals surface area contributed by atoms with Crippen molar-refractivity contribution in [1.82, 2.24) is 10.2 Å². The second-order valence-electron chi connectivity index (χ2n) is 7.01. The number of aliphatic imine (C=N–C) groups is 1. The molecule has 0 aromatic carbocycles. The van der Waals surface area contributed by atoms with Crippen LogP contribution in [0.25, 0.3) is 0 Å². The molecule has 0 aromatic heterocycles. The number of carbonyl (C=O) groups excluding carboxylic acids is 3. The number of amides is 4. The van der Waals surface area contributed by atoms with E-state index in [9.17, 15) is 14.4 Å². The van der Waals surface area contributed by atoms with Crippen LogP contribution < -0.4 is 5.32 Å². The topological polar surface area (TPSA) is 78.8 Å². The highest BCUT2D eigenvalue weighted by atomic mass is 16.2. The minimum atomic E-state index is -0.934. The van der Waals surface area contributed by atoms with E-state index in [4.69, 9.17) is 0 Å². The molecular weight excluding hydrogens is 318 g/mol.